The van der Waals surface area contributed by atoms with E-state index in [1.807, 2.05) is 6.07 Å². The monoisotopic (exact) mass is 308 g/mol. The zero-order valence-corrected chi connectivity index (χ0v) is 13.4. The molecule has 23 heavy (non-hydrogen) atoms. The van der Waals surface area contributed by atoms with Gasteiger partial charge < -0.3 is 11.1 Å². The molecular formula is C17H20N6. The summed E-state index contributed by atoms with van der Waals surface area (Å²) in [5, 5.41) is 3.17. The molecule has 3 rings (SSSR count). The number of benzene rings is 1. The smallest absolute Gasteiger partial charge is 0.245 e. The Balaban J connectivity index is 1.81. The van der Waals surface area contributed by atoms with Crippen molar-refractivity contribution in [1.82, 2.24) is 14.9 Å². The lowest BCUT2D eigenvalue weighted by atomic mass is 9.98. The van der Waals surface area contributed by atoms with Crippen molar-refractivity contribution in [3.05, 3.63) is 46.9 Å². The van der Waals surface area contributed by atoms with E-state index in [4.69, 9.17) is 12.3 Å². The normalized spacial score (nSPS) is 14.3. The third kappa shape index (κ3) is 3.25. The van der Waals surface area contributed by atoms with E-state index in [0.717, 1.165) is 25.2 Å². The minimum atomic E-state index is 0.196. The van der Waals surface area contributed by atoms with Crippen molar-refractivity contribution in [2.75, 3.05) is 17.6 Å². The van der Waals surface area contributed by atoms with Crippen LogP contribution in [-0.2, 0) is 13.0 Å². The first-order valence-corrected chi connectivity index (χ1v) is 7.69. The molecule has 0 atom stereocenters. The van der Waals surface area contributed by atoms with E-state index in [2.05, 4.69) is 51.0 Å². The SMILES string of the molecule is [C-]#[N+]c1cnc(Nc2ccc3c(c2)CN(C(C)C)CC3)nc1N. The minimum absolute atomic E-state index is 0.196. The maximum absolute atomic E-state index is 6.97. The topological polar surface area (TPSA) is 71.4 Å². The highest BCUT2D eigenvalue weighted by molar-refractivity contribution is 5.65. The van der Waals surface area contributed by atoms with Gasteiger partial charge in [-0.2, -0.15) is 0 Å². The summed E-state index contributed by atoms with van der Waals surface area (Å²) in [5.74, 6) is 0.604. The lowest BCUT2D eigenvalue weighted by Crippen LogP contribution is -2.35. The standard InChI is InChI=1S/C17H20N6/c1-11(2)23-7-6-12-4-5-14(8-13(12)10-23)21-17-20-9-15(19-3)16(18)22-17/h4-5,8-9,11H,6-7,10H2,1-2H3,(H3,18,20,21,22). The molecule has 1 aromatic heterocycles. The van der Waals surface area contributed by atoms with Crippen molar-refractivity contribution in [3.63, 3.8) is 0 Å². The molecule has 0 spiro atoms. The minimum Gasteiger partial charge on any atom is -0.392 e. The Morgan fingerprint density at radius 1 is 1.35 bits per heavy atom. The predicted molar refractivity (Wildman–Crippen MR) is 91.7 cm³/mol. The van der Waals surface area contributed by atoms with Gasteiger partial charge in [0.15, 0.2) is 0 Å². The third-order valence-corrected chi connectivity index (χ3v) is 4.15. The summed E-state index contributed by atoms with van der Waals surface area (Å²) < 4.78 is 0. The predicted octanol–water partition coefficient (Wildman–Crippen LogP) is 3.12. The lowest BCUT2D eigenvalue weighted by Gasteiger charge is -2.32. The zero-order chi connectivity index (χ0) is 16.4. The van der Waals surface area contributed by atoms with Gasteiger partial charge in [0, 0.05) is 31.0 Å². The molecule has 0 unspecified atom stereocenters. The highest BCUT2D eigenvalue weighted by atomic mass is 15.2. The Kier molecular flexibility index (Phi) is 4.13. The average Bonchev–Trinajstić information content (AvgIpc) is 2.54. The Morgan fingerprint density at radius 3 is 2.87 bits per heavy atom. The fourth-order valence-corrected chi connectivity index (χ4v) is 2.76. The Morgan fingerprint density at radius 2 is 2.17 bits per heavy atom. The summed E-state index contributed by atoms with van der Waals surface area (Å²) in [7, 11) is 0. The van der Waals surface area contributed by atoms with Gasteiger partial charge in [0.05, 0.1) is 6.57 Å². The molecule has 1 aliphatic heterocycles. The Hall–Kier alpha value is -2.65. The van der Waals surface area contributed by atoms with Crippen LogP contribution in [0.3, 0.4) is 0 Å². The molecule has 2 aromatic rings. The summed E-state index contributed by atoms with van der Waals surface area (Å²) in [6.45, 7) is 13.5. The van der Waals surface area contributed by atoms with Crippen molar-refractivity contribution in [2.24, 2.45) is 0 Å². The molecule has 0 bridgehead atoms. The average molecular weight is 308 g/mol. The van der Waals surface area contributed by atoms with Crippen LogP contribution in [0.15, 0.2) is 24.4 Å². The van der Waals surface area contributed by atoms with Crippen molar-refractivity contribution >= 4 is 23.1 Å². The highest BCUT2D eigenvalue weighted by Crippen LogP contribution is 2.26. The fourth-order valence-electron chi connectivity index (χ4n) is 2.76. The van der Waals surface area contributed by atoms with Crippen LogP contribution in [-0.4, -0.2) is 27.5 Å². The van der Waals surface area contributed by atoms with Gasteiger partial charge in [-0.15, -0.1) is 0 Å². The molecular weight excluding hydrogens is 288 g/mol. The Bertz CT molecular complexity index is 762. The van der Waals surface area contributed by atoms with Crippen LogP contribution < -0.4 is 11.1 Å². The quantitative estimate of drug-likeness (QED) is 0.852. The van der Waals surface area contributed by atoms with Crippen LogP contribution in [0.4, 0.5) is 23.1 Å². The molecule has 0 amide bonds. The number of hydrogen-bond acceptors (Lipinski definition) is 5. The molecule has 118 valence electrons. The van der Waals surface area contributed by atoms with Gasteiger partial charge in [-0.05, 0) is 43.5 Å². The van der Waals surface area contributed by atoms with Crippen LogP contribution >= 0.6 is 0 Å². The van der Waals surface area contributed by atoms with Gasteiger partial charge in [0.2, 0.25) is 11.6 Å². The first-order valence-electron chi connectivity index (χ1n) is 7.69. The van der Waals surface area contributed by atoms with Crippen molar-refractivity contribution in [1.29, 1.82) is 0 Å². The summed E-state index contributed by atoms with van der Waals surface area (Å²) in [6.07, 6.45) is 2.52. The van der Waals surface area contributed by atoms with E-state index < -0.39 is 0 Å². The number of nitrogens with one attached hydrogen (secondary N) is 1. The molecule has 1 aliphatic rings. The summed E-state index contributed by atoms with van der Waals surface area (Å²) in [6, 6.07) is 6.88. The molecule has 0 radical (unpaired) electrons. The summed E-state index contributed by atoms with van der Waals surface area (Å²) in [4.78, 5) is 14.0. The Labute approximate surface area is 136 Å². The van der Waals surface area contributed by atoms with Gasteiger partial charge in [-0.3, -0.25) is 4.90 Å². The number of fused-ring (bicyclic) bond motifs is 1. The van der Waals surface area contributed by atoms with Crippen molar-refractivity contribution in [3.8, 4) is 0 Å². The van der Waals surface area contributed by atoms with E-state index in [0.29, 0.717) is 12.0 Å². The van der Waals surface area contributed by atoms with Crippen LogP contribution in [0.25, 0.3) is 4.85 Å². The van der Waals surface area contributed by atoms with Crippen LogP contribution in [0.1, 0.15) is 25.0 Å². The van der Waals surface area contributed by atoms with Crippen molar-refractivity contribution in [2.45, 2.75) is 32.9 Å². The fraction of sp³-hybridized carbons (Fsp3) is 0.353. The van der Waals surface area contributed by atoms with E-state index in [1.54, 1.807) is 0 Å². The number of aromatic nitrogens is 2. The molecule has 6 heteroatoms. The molecule has 2 heterocycles. The number of nitrogen functional groups attached to an aromatic ring is 1. The molecule has 1 aromatic carbocycles. The van der Waals surface area contributed by atoms with E-state index >= 15 is 0 Å². The van der Waals surface area contributed by atoms with Crippen LogP contribution in [0.2, 0.25) is 0 Å². The summed E-state index contributed by atoms with van der Waals surface area (Å²) in [5.41, 5.74) is 9.68. The first-order chi connectivity index (χ1) is 11.1. The van der Waals surface area contributed by atoms with Gasteiger partial charge in [0.1, 0.15) is 5.82 Å². The van der Waals surface area contributed by atoms with Crippen LogP contribution in [0.5, 0.6) is 0 Å². The maximum Gasteiger partial charge on any atom is 0.245 e. The molecule has 0 aliphatic carbocycles. The molecule has 3 N–H and O–H groups in total. The molecule has 0 fully saturated rings. The second-order valence-electron chi connectivity index (χ2n) is 6.00. The number of hydrogen-bond donors (Lipinski definition) is 2. The van der Waals surface area contributed by atoms with Gasteiger partial charge in [-0.25, -0.2) is 14.8 Å². The second-order valence-corrected chi connectivity index (χ2v) is 6.00. The molecule has 0 saturated heterocycles. The number of rotatable bonds is 3. The van der Waals surface area contributed by atoms with Gasteiger partial charge >= 0.3 is 0 Å². The number of nitrogens with zero attached hydrogens (tertiary/aromatic N) is 4. The number of anilines is 3. The van der Waals surface area contributed by atoms with E-state index in [9.17, 15) is 0 Å². The van der Waals surface area contributed by atoms with Gasteiger partial charge in [-0.1, -0.05) is 6.07 Å². The largest absolute Gasteiger partial charge is 0.392 e. The van der Waals surface area contributed by atoms with Crippen molar-refractivity contribution < 1.29 is 0 Å². The van der Waals surface area contributed by atoms with E-state index in [-0.39, 0.29) is 11.5 Å². The summed E-state index contributed by atoms with van der Waals surface area (Å²) >= 11 is 0. The lowest BCUT2D eigenvalue weighted by molar-refractivity contribution is 0.203. The first kappa shape index (κ1) is 15.3. The molecule has 0 saturated carbocycles. The van der Waals surface area contributed by atoms with Gasteiger partial charge in [0.25, 0.3) is 0 Å². The zero-order valence-electron chi connectivity index (χ0n) is 13.4. The third-order valence-electron chi connectivity index (χ3n) is 4.15. The second kappa shape index (κ2) is 6.23. The molecule has 6 nitrogen and oxygen atoms in total. The maximum atomic E-state index is 6.97. The highest BCUT2D eigenvalue weighted by Gasteiger charge is 2.18. The van der Waals surface area contributed by atoms with Crippen LogP contribution in [0, 0.1) is 6.57 Å². The van der Waals surface area contributed by atoms with E-state index in [1.165, 1.54) is 17.3 Å². The number of nitrogens with two attached hydrogens (primary N) is 1.